The maximum absolute atomic E-state index is 11.2. The average molecular weight is 332 g/mol. The van der Waals surface area contributed by atoms with Crippen molar-refractivity contribution in [1.82, 2.24) is 0 Å². The summed E-state index contributed by atoms with van der Waals surface area (Å²) in [5.74, 6) is -0.815. The van der Waals surface area contributed by atoms with Crippen molar-refractivity contribution in [3.05, 3.63) is 69.8 Å². The van der Waals surface area contributed by atoms with E-state index in [1.54, 1.807) is 18.2 Å². The van der Waals surface area contributed by atoms with Crippen LogP contribution in [-0.2, 0) is 0 Å². The zero-order valence-corrected chi connectivity index (χ0v) is 12.6. The summed E-state index contributed by atoms with van der Waals surface area (Å²) in [7, 11) is 0. The molecular weight excluding hydrogens is 320 g/mol. The van der Waals surface area contributed by atoms with E-state index in [1.165, 1.54) is 42.1 Å². The number of hydrogen-bond donors (Lipinski definition) is 2. The molecule has 0 saturated carbocycles. The first kappa shape index (κ1) is 16.5. The van der Waals surface area contributed by atoms with Crippen LogP contribution in [0.15, 0.2) is 58.6 Å². The fourth-order valence-electron chi connectivity index (χ4n) is 1.86. The highest BCUT2D eigenvalue weighted by atomic mass is 32.2. The monoisotopic (exact) mass is 332 g/mol. The van der Waals surface area contributed by atoms with Crippen molar-refractivity contribution in [2.24, 2.45) is 5.16 Å². The molecule has 0 atom stereocenters. The molecule has 0 unspecified atom stereocenters. The van der Waals surface area contributed by atoms with E-state index in [1.807, 2.05) is 0 Å². The Balaban J connectivity index is 2.15. The smallest absolute Gasteiger partial charge is 0.336 e. The predicted molar refractivity (Wildman–Crippen MR) is 85.5 cm³/mol. The van der Waals surface area contributed by atoms with Crippen LogP contribution in [0.4, 0.5) is 5.69 Å². The summed E-state index contributed by atoms with van der Waals surface area (Å²) in [6.45, 7) is 0. The maximum Gasteiger partial charge on any atom is 0.336 e. The van der Waals surface area contributed by atoms with Crippen molar-refractivity contribution in [2.75, 3.05) is 5.75 Å². The van der Waals surface area contributed by atoms with E-state index in [2.05, 4.69) is 5.16 Å². The number of rotatable bonds is 6. The molecule has 0 aliphatic heterocycles. The largest absolute Gasteiger partial charge is 0.478 e. The van der Waals surface area contributed by atoms with Gasteiger partial charge in [-0.1, -0.05) is 17.3 Å². The summed E-state index contributed by atoms with van der Waals surface area (Å²) in [4.78, 5) is 21.8. The fraction of sp³-hybridized carbons (Fsp3) is 0.0667. The SMILES string of the molecule is O=C(O)c1ccccc1SC/C(=N/O)c1ccc([N+](=O)[O-])cc1. The van der Waals surface area contributed by atoms with Crippen LogP contribution in [-0.4, -0.2) is 32.7 Å². The molecule has 0 fully saturated rings. The van der Waals surface area contributed by atoms with Crippen molar-refractivity contribution < 1.29 is 20.0 Å². The molecule has 0 aliphatic carbocycles. The molecule has 23 heavy (non-hydrogen) atoms. The molecule has 0 heterocycles. The second-order valence-corrected chi connectivity index (χ2v) is 5.46. The van der Waals surface area contributed by atoms with Crippen LogP contribution in [0.25, 0.3) is 0 Å². The minimum Gasteiger partial charge on any atom is -0.478 e. The Morgan fingerprint density at radius 2 is 1.83 bits per heavy atom. The lowest BCUT2D eigenvalue weighted by Crippen LogP contribution is -2.06. The standard InChI is InChI=1S/C15H12N2O5S/c18-15(19)12-3-1-2-4-14(12)23-9-13(16-20)10-5-7-11(8-6-10)17(21)22/h1-8,20H,9H2,(H,18,19)/b16-13-. The number of oxime groups is 1. The molecular formula is C15H12N2O5S. The van der Waals surface area contributed by atoms with Crippen LogP contribution >= 0.6 is 11.8 Å². The van der Waals surface area contributed by atoms with Gasteiger partial charge in [0.25, 0.3) is 5.69 Å². The lowest BCUT2D eigenvalue weighted by atomic mass is 10.1. The third kappa shape index (κ3) is 4.07. The second kappa shape index (κ2) is 7.41. The molecule has 0 aliphatic rings. The topological polar surface area (TPSA) is 113 Å². The van der Waals surface area contributed by atoms with Crippen LogP contribution < -0.4 is 0 Å². The van der Waals surface area contributed by atoms with Gasteiger partial charge in [0.2, 0.25) is 0 Å². The summed E-state index contributed by atoms with van der Waals surface area (Å²) in [5, 5.41) is 32.1. The minimum atomic E-state index is -1.04. The van der Waals surface area contributed by atoms with Crippen molar-refractivity contribution in [2.45, 2.75) is 4.90 Å². The highest BCUT2D eigenvalue weighted by Gasteiger charge is 2.13. The number of thioether (sulfide) groups is 1. The first-order valence-corrected chi connectivity index (χ1v) is 7.42. The van der Waals surface area contributed by atoms with Gasteiger partial charge in [-0.25, -0.2) is 4.79 Å². The van der Waals surface area contributed by atoms with E-state index in [-0.39, 0.29) is 17.0 Å². The number of nitro benzene ring substituents is 1. The molecule has 2 aromatic carbocycles. The van der Waals surface area contributed by atoms with Crippen LogP contribution in [0.3, 0.4) is 0 Å². The van der Waals surface area contributed by atoms with Gasteiger partial charge in [-0.2, -0.15) is 0 Å². The number of carboxylic acids is 1. The third-order valence-corrected chi connectivity index (χ3v) is 4.10. The lowest BCUT2D eigenvalue weighted by molar-refractivity contribution is -0.384. The highest BCUT2D eigenvalue weighted by molar-refractivity contribution is 8.00. The molecule has 8 heteroatoms. The van der Waals surface area contributed by atoms with Crippen LogP contribution in [0.2, 0.25) is 0 Å². The minimum absolute atomic E-state index is 0.0603. The molecule has 0 saturated heterocycles. The van der Waals surface area contributed by atoms with Crippen LogP contribution in [0, 0.1) is 10.1 Å². The zero-order valence-electron chi connectivity index (χ0n) is 11.7. The zero-order chi connectivity index (χ0) is 16.8. The number of benzene rings is 2. The summed E-state index contributed by atoms with van der Waals surface area (Å²) in [6.07, 6.45) is 0. The number of carboxylic acid groups (broad SMARTS) is 1. The lowest BCUT2D eigenvalue weighted by Gasteiger charge is -2.07. The van der Waals surface area contributed by atoms with Gasteiger partial charge in [-0.3, -0.25) is 10.1 Å². The fourth-order valence-corrected chi connectivity index (χ4v) is 2.86. The molecule has 2 aromatic rings. The van der Waals surface area contributed by atoms with Crippen LogP contribution in [0.5, 0.6) is 0 Å². The van der Waals surface area contributed by atoms with E-state index in [0.717, 1.165) is 0 Å². The Bertz CT molecular complexity index is 759. The van der Waals surface area contributed by atoms with Gasteiger partial charge in [0.1, 0.15) is 0 Å². The van der Waals surface area contributed by atoms with Gasteiger partial charge in [0, 0.05) is 28.3 Å². The number of hydrogen-bond acceptors (Lipinski definition) is 6. The number of non-ortho nitro benzene ring substituents is 1. The molecule has 118 valence electrons. The van der Waals surface area contributed by atoms with Gasteiger partial charge in [0.15, 0.2) is 0 Å². The predicted octanol–water partition coefficient (Wildman–Crippen LogP) is 3.26. The summed E-state index contributed by atoms with van der Waals surface area (Å²) >= 11 is 1.21. The number of nitrogens with zero attached hydrogens (tertiary/aromatic N) is 2. The Kier molecular flexibility index (Phi) is 5.32. The number of carbonyl (C=O) groups is 1. The number of nitro groups is 1. The molecule has 0 spiro atoms. The Hall–Kier alpha value is -2.87. The van der Waals surface area contributed by atoms with Gasteiger partial charge in [0.05, 0.1) is 16.2 Å². The molecule has 7 nitrogen and oxygen atoms in total. The summed E-state index contributed by atoms with van der Waals surface area (Å²) < 4.78 is 0. The third-order valence-electron chi connectivity index (χ3n) is 3.01. The van der Waals surface area contributed by atoms with Crippen molar-refractivity contribution >= 4 is 29.1 Å². The molecule has 0 bridgehead atoms. The van der Waals surface area contributed by atoms with Gasteiger partial charge < -0.3 is 10.3 Å². The molecule has 0 amide bonds. The van der Waals surface area contributed by atoms with Gasteiger partial charge in [-0.15, -0.1) is 11.8 Å². The highest BCUT2D eigenvalue weighted by Crippen LogP contribution is 2.24. The quantitative estimate of drug-likeness (QED) is 0.276. The van der Waals surface area contributed by atoms with Gasteiger partial charge >= 0.3 is 5.97 Å². The normalized spacial score (nSPS) is 11.2. The van der Waals surface area contributed by atoms with Gasteiger partial charge in [-0.05, 0) is 24.3 Å². The first-order chi connectivity index (χ1) is 11.0. The van der Waals surface area contributed by atoms with E-state index < -0.39 is 10.9 Å². The van der Waals surface area contributed by atoms with E-state index in [0.29, 0.717) is 16.2 Å². The molecule has 0 aromatic heterocycles. The van der Waals surface area contributed by atoms with Crippen molar-refractivity contribution in [3.8, 4) is 0 Å². The maximum atomic E-state index is 11.2. The first-order valence-electron chi connectivity index (χ1n) is 6.44. The van der Waals surface area contributed by atoms with E-state index >= 15 is 0 Å². The average Bonchev–Trinajstić information content (AvgIpc) is 2.56. The van der Waals surface area contributed by atoms with E-state index in [4.69, 9.17) is 10.3 Å². The molecule has 2 rings (SSSR count). The Morgan fingerprint density at radius 3 is 2.39 bits per heavy atom. The molecule has 2 N–H and O–H groups in total. The number of aromatic carboxylic acids is 1. The Labute approximate surface area is 135 Å². The molecule has 0 radical (unpaired) electrons. The van der Waals surface area contributed by atoms with Crippen molar-refractivity contribution in [3.63, 3.8) is 0 Å². The summed E-state index contributed by atoms with van der Waals surface area (Å²) in [6, 6.07) is 12.1. The van der Waals surface area contributed by atoms with Crippen LogP contribution in [0.1, 0.15) is 15.9 Å². The van der Waals surface area contributed by atoms with E-state index in [9.17, 15) is 14.9 Å². The summed E-state index contributed by atoms with van der Waals surface area (Å²) in [5.41, 5.74) is 0.928. The Morgan fingerprint density at radius 1 is 1.17 bits per heavy atom. The second-order valence-electron chi connectivity index (χ2n) is 4.44. The van der Waals surface area contributed by atoms with Crippen molar-refractivity contribution in [1.29, 1.82) is 0 Å².